The number of rotatable bonds is 4. The molecule has 2 bridgehead atoms. The van der Waals surface area contributed by atoms with Crippen LogP contribution in [-0.4, -0.2) is 53.9 Å². The summed E-state index contributed by atoms with van der Waals surface area (Å²) in [5.74, 6) is 2.02. The molecule has 3 unspecified atom stereocenters. The Morgan fingerprint density at radius 3 is 2.54 bits per heavy atom. The van der Waals surface area contributed by atoms with Crippen LogP contribution < -0.4 is 5.32 Å². The third-order valence-electron chi connectivity index (χ3n) is 6.73. The van der Waals surface area contributed by atoms with E-state index >= 15 is 0 Å². The Morgan fingerprint density at radius 1 is 1.23 bits per heavy atom. The monoisotopic (exact) mass is 399 g/mol. The van der Waals surface area contributed by atoms with Gasteiger partial charge in [-0.15, -0.1) is 0 Å². The van der Waals surface area contributed by atoms with E-state index in [9.17, 15) is 13.2 Å². The molecule has 4 atom stereocenters. The molecule has 146 valence electrons. The third kappa shape index (κ3) is 3.69. The number of fused-ring (bicyclic) bond motifs is 2. The van der Waals surface area contributed by atoms with Gasteiger partial charge in [-0.3, -0.25) is 9.79 Å². The molecule has 2 heterocycles. The first kappa shape index (κ1) is 18.7. The molecule has 8 heteroatoms. The molecule has 2 saturated heterocycles. The van der Waals surface area contributed by atoms with E-state index in [0.717, 1.165) is 36.3 Å². The summed E-state index contributed by atoms with van der Waals surface area (Å²) in [6.45, 7) is 3.15. The maximum atomic E-state index is 12.6. The first-order valence-corrected chi connectivity index (χ1v) is 12.4. The molecule has 0 aromatic carbocycles. The van der Waals surface area contributed by atoms with Gasteiger partial charge in [0.15, 0.2) is 5.17 Å². The molecular formula is C18H29N3O3S2. The van der Waals surface area contributed by atoms with Crippen LogP contribution in [0.4, 0.5) is 0 Å². The van der Waals surface area contributed by atoms with E-state index in [2.05, 4.69) is 5.32 Å². The van der Waals surface area contributed by atoms with Crippen LogP contribution in [0.25, 0.3) is 0 Å². The van der Waals surface area contributed by atoms with Gasteiger partial charge in [0.25, 0.3) is 0 Å². The Kier molecular flexibility index (Phi) is 4.89. The van der Waals surface area contributed by atoms with Crippen LogP contribution in [0.3, 0.4) is 0 Å². The highest BCUT2D eigenvalue weighted by Gasteiger charge is 2.46. The van der Waals surface area contributed by atoms with E-state index < -0.39 is 14.8 Å². The quantitative estimate of drug-likeness (QED) is 0.786. The predicted octanol–water partition coefficient (Wildman–Crippen LogP) is 2.21. The molecule has 4 fully saturated rings. The van der Waals surface area contributed by atoms with Gasteiger partial charge < -0.3 is 5.32 Å². The summed E-state index contributed by atoms with van der Waals surface area (Å²) in [5.41, 5.74) is 0. The molecule has 1 amide bonds. The number of piperidine rings is 1. The predicted molar refractivity (Wildman–Crippen MR) is 105 cm³/mol. The van der Waals surface area contributed by atoms with Gasteiger partial charge >= 0.3 is 0 Å². The Hall–Kier alpha value is -0.600. The first-order valence-electron chi connectivity index (χ1n) is 9.76. The van der Waals surface area contributed by atoms with Crippen molar-refractivity contribution in [3.05, 3.63) is 0 Å². The molecule has 1 N–H and O–H groups in total. The number of amidine groups is 1. The molecular weight excluding hydrogens is 370 g/mol. The zero-order chi connectivity index (χ0) is 18.5. The van der Waals surface area contributed by atoms with Crippen molar-refractivity contribution < 1.29 is 13.2 Å². The number of sulfonamides is 1. The van der Waals surface area contributed by atoms with Crippen LogP contribution in [-0.2, 0) is 14.8 Å². The minimum Gasteiger partial charge on any atom is -0.304 e. The molecule has 0 radical (unpaired) electrons. The number of aliphatic imine (C=N–C) groups is 1. The van der Waals surface area contributed by atoms with Crippen molar-refractivity contribution in [1.29, 1.82) is 0 Å². The highest BCUT2D eigenvalue weighted by molar-refractivity contribution is 8.16. The Morgan fingerprint density at radius 2 is 1.96 bits per heavy atom. The average molecular weight is 400 g/mol. The highest BCUT2D eigenvalue weighted by Crippen LogP contribution is 2.47. The Balaban J connectivity index is 1.36. The van der Waals surface area contributed by atoms with Gasteiger partial charge in [-0.05, 0) is 63.2 Å². The maximum absolute atomic E-state index is 12.6. The van der Waals surface area contributed by atoms with Crippen molar-refractivity contribution in [2.24, 2.45) is 22.7 Å². The lowest BCUT2D eigenvalue weighted by Gasteiger charge is -2.33. The summed E-state index contributed by atoms with van der Waals surface area (Å²) in [7, 11) is -3.10. The number of nitrogens with zero attached hydrogens (tertiary/aromatic N) is 2. The molecule has 0 aromatic heterocycles. The van der Waals surface area contributed by atoms with Gasteiger partial charge in [-0.25, -0.2) is 12.7 Å². The summed E-state index contributed by atoms with van der Waals surface area (Å²) in [6.07, 6.45) is 8.87. The fourth-order valence-electron chi connectivity index (χ4n) is 5.22. The van der Waals surface area contributed by atoms with Crippen molar-refractivity contribution in [3.8, 4) is 0 Å². The Bertz CT molecular complexity index is 715. The standard InChI is InChI=1S/C18H29N3O3S2/c1-18(11-12-5-7-21(8-6-12)26(2,23)24)16(22)20-17(25-18)19-15-10-13-3-4-14(15)9-13/h12-15H,3-11H2,1-2H3,(H,19,20,22)/t13?,14?,15-,18?/m0/s1. The minimum atomic E-state index is -3.10. The number of hydrogen-bond acceptors (Lipinski definition) is 5. The largest absolute Gasteiger partial charge is 0.304 e. The normalized spacial score (nSPS) is 40.5. The topological polar surface area (TPSA) is 78.8 Å². The van der Waals surface area contributed by atoms with Crippen LogP contribution >= 0.6 is 11.8 Å². The SMILES string of the molecule is CC1(CC2CCN(S(C)(=O)=O)CC2)SC(=N[C@H]2CC3CCC2C3)NC1=O. The van der Waals surface area contributed by atoms with Crippen LogP contribution in [0.5, 0.6) is 0 Å². The molecule has 6 nitrogen and oxygen atoms in total. The van der Waals surface area contributed by atoms with Crippen molar-refractivity contribution in [1.82, 2.24) is 9.62 Å². The molecule has 26 heavy (non-hydrogen) atoms. The van der Waals surface area contributed by atoms with E-state index in [-0.39, 0.29) is 5.91 Å². The van der Waals surface area contributed by atoms with Crippen molar-refractivity contribution in [2.75, 3.05) is 19.3 Å². The fourth-order valence-corrected chi connectivity index (χ4v) is 7.32. The van der Waals surface area contributed by atoms with E-state index in [1.807, 2.05) is 6.92 Å². The number of thioether (sulfide) groups is 1. The summed E-state index contributed by atoms with van der Waals surface area (Å²) < 4.78 is 24.4. The minimum absolute atomic E-state index is 0.0648. The summed E-state index contributed by atoms with van der Waals surface area (Å²) in [4.78, 5) is 17.5. The van der Waals surface area contributed by atoms with E-state index in [4.69, 9.17) is 4.99 Å². The van der Waals surface area contributed by atoms with Gasteiger partial charge in [0.1, 0.15) is 0 Å². The van der Waals surface area contributed by atoms with Crippen LogP contribution in [0.1, 0.15) is 51.9 Å². The van der Waals surface area contributed by atoms with Gasteiger partial charge in [-0.2, -0.15) is 0 Å². The second kappa shape index (κ2) is 6.78. The van der Waals surface area contributed by atoms with Gasteiger partial charge in [-0.1, -0.05) is 18.2 Å². The summed E-state index contributed by atoms with van der Waals surface area (Å²) >= 11 is 1.59. The lowest BCUT2D eigenvalue weighted by Crippen LogP contribution is -2.41. The smallest absolute Gasteiger partial charge is 0.242 e. The molecule has 0 aromatic rings. The van der Waals surface area contributed by atoms with Gasteiger partial charge in [0.2, 0.25) is 15.9 Å². The third-order valence-corrected chi connectivity index (χ3v) is 9.23. The van der Waals surface area contributed by atoms with Crippen LogP contribution in [0, 0.1) is 17.8 Å². The molecule has 4 aliphatic rings. The Labute approximate surface area is 160 Å². The van der Waals surface area contributed by atoms with Crippen LogP contribution in [0.15, 0.2) is 4.99 Å². The number of nitrogens with one attached hydrogen (secondary N) is 1. The van der Waals surface area contributed by atoms with E-state index in [1.54, 1.807) is 16.1 Å². The van der Waals surface area contributed by atoms with Crippen molar-refractivity contribution in [2.45, 2.75) is 62.7 Å². The van der Waals surface area contributed by atoms with Gasteiger partial charge in [0, 0.05) is 13.1 Å². The maximum Gasteiger partial charge on any atom is 0.242 e. The molecule has 0 spiro atoms. The molecule has 2 aliphatic heterocycles. The summed E-state index contributed by atoms with van der Waals surface area (Å²) in [6, 6.07) is 0.400. The van der Waals surface area contributed by atoms with E-state index in [1.165, 1.54) is 31.9 Å². The first-order chi connectivity index (χ1) is 12.2. The molecule has 2 aliphatic carbocycles. The van der Waals surface area contributed by atoms with Gasteiger partial charge in [0.05, 0.1) is 17.0 Å². The second-order valence-electron chi connectivity index (χ2n) is 8.77. The number of carbonyl (C=O) groups excluding carboxylic acids is 1. The molecule has 2 saturated carbocycles. The van der Waals surface area contributed by atoms with Crippen LogP contribution in [0.2, 0.25) is 0 Å². The highest BCUT2D eigenvalue weighted by atomic mass is 32.2. The molecule has 4 rings (SSSR count). The van der Waals surface area contributed by atoms with Crippen molar-refractivity contribution in [3.63, 3.8) is 0 Å². The fraction of sp³-hybridized carbons (Fsp3) is 0.889. The number of carbonyl (C=O) groups is 1. The zero-order valence-electron chi connectivity index (χ0n) is 15.6. The van der Waals surface area contributed by atoms with Crippen molar-refractivity contribution >= 4 is 32.9 Å². The number of amides is 1. The zero-order valence-corrected chi connectivity index (χ0v) is 17.2. The summed E-state index contributed by atoms with van der Waals surface area (Å²) in [5, 5.41) is 3.83. The average Bonchev–Trinajstić information content (AvgIpc) is 3.23. The second-order valence-corrected chi connectivity index (χ2v) is 12.2. The number of hydrogen-bond donors (Lipinski definition) is 1. The van der Waals surface area contributed by atoms with E-state index in [0.29, 0.717) is 25.0 Å². The lowest BCUT2D eigenvalue weighted by molar-refractivity contribution is -0.121. The lowest BCUT2D eigenvalue weighted by atomic mass is 9.87.